The summed E-state index contributed by atoms with van der Waals surface area (Å²) in [5.74, 6) is -2.24. The molecular formula is C25H37N5O6. The maximum Gasteiger partial charge on any atom is 0.326 e. The molecule has 11 heteroatoms. The van der Waals surface area contributed by atoms with E-state index in [-0.39, 0.29) is 24.1 Å². The van der Waals surface area contributed by atoms with Crippen LogP contribution in [0.2, 0.25) is 0 Å². The highest BCUT2D eigenvalue weighted by molar-refractivity contribution is 5.94. The summed E-state index contributed by atoms with van der Waals surface area (Å²) in [7, 11) is 0. The molecule has 2 aliphatic rings. The van der Waals surface area contributed by atoms with Crippen LogP contribution in [-0.2, 0) is 25.6 Å². The second-order valence-electron chi connectivity index (χ2n) is 9.45. The van der Waals surface area contributed by atoms with Gasteiger partial charge >= 0.3 is 5.97 Å². The van der Waals surface area contributed by atoms with Gasteiger partial charge in [0.1, 0.15) is 23.9 Å². The minimum absolute atomic E-state index is 0.0180. The number of nitrogens with zero attached hydrogens (tertiary/aromatic N) is 1. The van der Waals surface area contributed by atoms with Gasteiger partial charge in [-0.05, 0) is 75.7 Å². The van der Waals surface area contributed by atoms with E-state index in [0.717, 1.165) is 19.4 Å². The highest BCUT2D eigenvalue weighted by Gasteiger charge is 2.39. The monoisotopic (exact) mass is 503 g/mol. The van der Waals surface area contributed by atoms with Gasteiger partial charge in [-0.2, -0.15) is 0 Å². The van der Waals surface area contributed by atoms with Crippen LogP contribution in [0.3, 0.4) is 0 Å². The number of aromatic hydroxyl groups is 1. The molecule has 0 saturated carbocycles. The molecule has 0 spiro atoms. The topological polar surface area (TPSA) is 174 Å². The third kappa shape index (κ3) is 7.41. The standard InChI is InChI=1S/C25H37N5O6/c26-12-2-1-5-18(22(32)29-20(25(35)36)15-16-8-10-17(31)11-9-16)28-23(33)21-7-4-14-30(21)24(34)19-6-3-13-27-19/h8-11,18-21,27,31H,1-7,12-15,26H2,(H,28,33)(H,29,32)(H,35,36). The van der Waals surface area contributed by atoms with E-state index in [1.165, 1.54) is 12.1 Å². The van der Waals surface area contributed by atoms with E-state index < -0.39 is 35.9 Å². The molecule has 1 aromatic carbocycles. The molecule has 3 amide bonds. The number of rotatable bonds is 12. The molecule has 0 aromatic heterocycles. The van der Waals surface area contributed by atoms with E-state index in [1.54, 1.807) is 17.0 Å². The van der Waals surface area contributed by atoms with Crippen molar-refractivity contribution >= 4 is 23.7 Å². The van der Waals surface area contributed by atoms with Crippen LogP contribution in [0.25, 0.3) is 0 Å². The molecular weight excluding hydrogens is 466 g/mol. The minimum Gasteiger partial charge on any atom is -0.508 e. The van der Waals surface area contributed by atoms with Crippen molar-refractivity contribution in [3.8, 4) is 5.75 Å². The zero-order valence-electron chi connectivity index (χ0n) is 20.4. The second kappa shape index (κ2) is 13.2. The molecule has 0 aliphatic carbocycles. The Morgan fingerprint density at radius 1 is 1.06 bits per heavy atom. The smallest absolute Gasteiger partial charge is 0.326 e. The summed E-state index contributed by atoms with van der Waals surface area (Å²) in [6.45, 7) is 1.70. The molecule has 0 bridgehead atoms. The number of nitrogens with one attached hydrogen (secondary N) is 3. The normalized spacial score (nSPS) is 21.1. The lowest BCUT2D eigenvalue weighted by Crippen LogP contribution is -2.56. The quantitative estimate of drug-likeness (QED) is 0.214. The third-order valence-electron chi connectivity index (χ3n) is 6.77. The first-order chi connectivity index (χ1) is 17.3. The number of carbonyl (C=O) groups excluding carboxylic acids is 3. The minimum atomic E-state index is -1.21. The first kappa shape index (κ1) is 27.4. The molecule has 36 heavy (non-hydrogen) atoms. The van der Waals surface area contributed by atoms with Gasteiger partial charge in [-0.25, -0.2) is 4.79 Å². The molecule has 2 heterocycles. The fourth-order valence-electron chi connectivity index (χ4n) is 4.77. The summed E-state index contributed by atoms with van der Waals surface area (Å²) >= 11 is 0. The fraction of sp³-hybridized carbons (Fsp3) is 0.600. The first-order valence-corrected chi connectivity index (χ1v) is 12.7. The maximum absolute atomic E-state index is 13.2. The maximum atomic E-state index is 13.2. The SMILES string of the molecule is NCCCCC(NC(=O)C1CCCN1C(=O)C1CCCN1)C(=O)NC(Cc1ccc(O)cc1)C(=O)O. The Morgan fingerprint density at radius 3 is 2.44 bits per heavy atom. The number of carboxylic acid groups (broad SMARTS) is 1. The Kier molecular flexibility index (Phi) is 10.1. The van der Waals surface area contributed by atoms with E-state index >= 15 is 0 Å². The van der Waals surface area contributed by atoms with Crippen LogP contribution in [0.15, 0.2) is 24.3 Å². The lowest BCUT2D eigenvalue weighted by Gasteiger charge is -2.28. The predicted molar refractivity (Wildman–Crippen MR) is 132 cm³/mol. The Morgan fingerprint density at radius 2 is 1.81 bits per heavy atom. The average molecular weight is 504 g/mol. The van der Waals surface area contributed by atoms with Crippen LogP contribution in [0.5, 0.6) is 5.75 Å². The first-order valence-electron chi connectivity index (χ1n) is 12.7. The van der Waals surface area contributed by atoms with Gasteiger partial charge in [0.05, 0.1) is 6.04 Å². The summed E-state index contributed by atoms with van der Waals surface area (Å²) in [4.78, 5) is 52.7. The summed E-state index contributed by atoms with van der Waals surface area (Å²) in [6, 6.07) is 2.96. The molecule has 4 unspecified atom stereocenters. The van der Waals surface area contributed by atoms with Gasteiger partial charge in [-0.3, -0.25) is 14.4 Å². The highest BCUT2D eigenvalue weighted by Crippen LogP contribution is 2.21. The second-order valence-corrected chi connectivity index (χ2v) is 9.45. The van der Waals surface area contributed by atoms with Crippen molar-refractivity contribution in [3.63, 3.8) is 0 Å². The molecule has 2 saturated heterocycles. The third-order valence-corrected chi connectivity index (χ3v) is 6.77. The molecule has 198 valence electrons. The highest BCUT2D eigenvalue weighted by atomic mass is 16.4. The van der Waals surface area contributed by atoms with E-state index in [1.807, 2.05) is 0 Å². The molecule has 7 N–H and O–H groups in total. The van der Waals surface area contributed by atoms with Crippen molar-refractivity contribution in [2.45, 2.75) is 75.5 Å². The van der Waals surface area contributed by atoms with Crippen LogP contribution in [-0.4, -0.2) is 82.6 Å². The number of amides is 3. The van der Waals surface area contributed by atoms with Crippen molar-refractivity contribution < 1.29 is 29.4 Å². The predicted octanol–water partition coefficient (Wildman–Crippen LogP) is -0.139. The Labute approximate surface area is 210 Å². The molecule has 4 atom stereocenters. The molecule has 0 radical (unpaired) electrons. The van der Waals surface area contributed by atoms with Gasteiger partial charge in [-0.15, -0.1) is 0 Å². The van der Waals surface area contributed by atoms with E-state index in [2.05, 4.69) is 16.0 Å². The molecule has 3 rings (SSSR count). The van der Waals surface area contributed by atoms with E-state index in [0.29, 0.717) is 50.8 Å². The lowest BCUT2D eigenvalue weighted by atomic mass is 10.0. The molecule has 2 aliphatic heterocycles. The fourth-order valence-corrected chi connectivity index (χ4v) is 4.77. The van der Waals surface area contributed by atoms with Crippen molar-refractivity contribution in [2.24, 2.45) is 5.73 Å². The summed E-state index contributed by atoms with van der Waals surface area (Å²) in [6.07, 6.45) is 4.41. The largest absolute Gasteiger partial charge is 0.508 e. The van der Waals surface area contributed by atoms with Crippen LogP contribution in [0, 0.1) is 0 Å². The number of carbonyl (C=O) groups is 4. The number of carboxylic acids is 1. The number of likely N-dealkylation sites (tertiary alicyclic amines) is 1. The van der Waals surface area contributed by atoms with Crippen molar-refractivity contribution in [1.82, 2.24) is 20.9 Å². The molecule has 11 nitrogen and oxygen atoms in total. The Balaban J connectivity index is 1.66. The van der Waals surface area contributed by atoms with Gasteiger partial charge in [0, 0.05) is 13.0 Å². The number of aliphatic carboxylic acids is 1. The number of unbranched alkanes of at least 4 members (excludes halogenated alkanes) is 1. The van der Waals surface area contributed by atoms with Gasteiger partial charge in [0.25, 0.3) is 0 Å². The van der Waals surface area contributed by atoms with Crippen molar-refractivity contribution in [2.75, 3.05) is 19.6 Å². The summed E-state index contributed by atoms with van der Waals surface area (Å²) in [5.41, 5.74) is 6.22. The van der Waals surface area contributed by atoms with Crippen LogP contribution in [0.4, 0.5) is 0 Å². The van der Waals surface area contributed by atoms with Crippen LogP contribution in [0.1, 0.15) is 50.5 Å². The van der Waals surface area contributed by atoms with Crippen LogP contribution < -0.4 is 21.7 Å². The number of phenols is 1. The summed E-state index contributed by atoms with van der Waals surface area (Å²) < 4.78 is 0. The number of nitrogens with two attached hydrogens (primary N) is 1. The van der Waals surface area contributed by atoms with E-state index in [4.69, 9.17) is 5.73 Å². The van der Waals surface area contributed by atoms with Gasteiger partial charge in [0.15, 0.2) is 0 Å². The van der Waals surface area contributed by atoms with Gasteiger partial charge in [-0.1, -0.05) is 12.1 Å². The number of benzene rings is 1. The van der Waals surface area contributed by atoms with Crippen molar-refractivity contribution in [3.05, 3.63) is 29.8 Å². The Hall–Kier alpha value is -3.18. The number of hydrogen-bond acceptors (Lipinski definition) is 7. The Bertz CT molecular complexity index is 918. The number of hydrogen-bond donors (Lipinski definition) is 6. The lowest BCUT2D eigenvalue weighted by molar-refractivity contribution is -0.143. The number of phenolic OH excluding ortho intramolecular Hbond substituents is 1. The molecule has 2 fully saturated rings. The zero-order valence-corrected chi connectivity index (χ0v) is 20.4. The zero-order chi connectivity index (χ0) is 26.1. The van der Waals surface area contributed by atoms with E-state index in [9.17, 15) is 29.4 Å². The van der Waals surface area contributed by atoms with Crippen LogP contribution >= 0.6 is 0 Å². The average Bonchev–Trinajstić information content (AvgIpc) is 3.56. The van der Waals surface area contributed by atoms with Gasteiger partial charge < -0.3 is 36.8 Å². The summed E-state index contributed by atoms with van der Waals surface area (Å²) in [5, 5.41) is 27.6. The van der Waals surface area contributed by atoms with Gasteiger partial charge in [0.2, 0.25) is 17.7 Å². The van der Waals surface area contributed by atoms with Crippen molar-refractivity contribution in [1.29, 1.82) is 0 Å². The molecule has 1 aromatic rings.